The van der Waals surface area contributed by atoms with Crippen molar-refractivity contribution in [2.75, 3.05) is 19.4 Å². The fourth-order valence-electron chi connectivity index (χ4n) is 1.50. The fraction of sp³-hybridized carbons (Fsp3) is 0.538. The minimum Gasteiger partial charge on any atom is -0.497 e. The highest BCUT2D eigenvalue weighted by atomic mass is 32.2. The summed E-state index contributed by atoms with van der Waals surface area (Å²) in [6, 6.07) is 7.95. The summed E-state index contributed by atoms with van der Waals surface area (Å²) in [6.07, 6.45) is 0.862. The van der Waals surface area contributed by atoms with E-state index in [-0.39, 0.29) is 0 Å². The van der Waals surface area contributed by atoms with Crippen molar-refractivity contribution in [2.45, 2.75) is 20.3 Å². The van der Waals surface area contributed by atoms with Gasteiger partial charge in [0.2, 0.25) is 0 Å². The number of benzene rings is 1. The SMILES string of the molecule is COc1cccc(CCNS(=O)CC(C)C)c1. The Labute approximate surface area is 106 Å². The average Bonchev–Trinajstić information content (AvgIpc) is 2.28. The van der Waals surface area contributed by atoms with Gasteiger partial charge in [-0.25, -0.2) is 8.93 Å². The Kier molecular flexibility index (Phi) is 6.22. The summed E-state index contributed by atoms with van der Waals surface area (Å²) >= 11 is 0. The zero-order valence-corrected chi connectivity index (χ0v) is 11.5. The monoisotopic (exact) mass is 255 g/mol. The van der Waals surface area contributed by atoms with E-state index in [9.17, 15) is 4.21 Å². The average molecular weight is 255 g/mol. The first-order valence-electron chi connectivity index (χ1n) is 5.86. The van der Waals surface area contributed by atoms with E-state index >= 15 is 0 Å². The molecule has 3 nitrogen and oxygen atoms in total. The molecule has 1 aromatic carbocycles. The van der Waals surface area contributed by atoms with E-state index in [0.717, 1.165) is 18.7 Å². The molecule has 0 aliphatic heterocycles. The molecule has 0 aromatic heterocycles. The van der Waals surface area contributed by atoms with Crippen LogP contribution in [0.3, 0.4) is 0 Å². The Morgan fingerprint density at radius 1 is 1.41 bits per heavy atom. The molecule has 1 aromatic rings. The summed E-state index contributed by atoms with van der Waals surface area (Å²) in [6.45, 7) is 4.87. The molecule has 0 amide bonds. The van der Waals surface area contributed by atoms with Crippen LogP contribution < -0.4 is 9.46 Å². The van der Waals surface area contributed by atoms with Crippen molar-refractivity contribution in [1.82, 2.24) is 4.72 Å². The predicted molar refractivity (Wildman–Crippen MR) is 72.5 cm³/mol. The maximum absolute atomic E-state index is 11.5. The third-order valence-electron chi connectivity index (χ3n) is 2.30. The molecule has 0 aliphatic rings. The van der Waals surface area contributed by atoms with Gasteiger partial charge in [0, 0.05) is 12.3 Å². The molecule has 1 rings (SSSR count). The summed E-state index contributed by atoms with van der Waals surface area (Å²) < 4.78 is 19.7. The van der Waals surface area contributed by atoms with Gasteiger partial charge in [-0.2, -0.15) is 0 Å². The first-order valence-corrected chi connectivity index (χ1v) is 7.18. The van der Waals surface area contributed by atoms with Crippen LogP contribution in [-0.2, 0) is 17.4 Å². The zero-order valence-electron chi connectivity index (χ0n) is 10.7. The van der Waals surface area contributed by atoms with Gasteiger partial charge < -0.3 is 4.74 Å². The Morgan fingerprint density at radius 3 is 2.82 bits per heavy atom. The van der Waals surface area contributed by atoms with E-state index in [1.165, 1.54) is 5.56 Å². The minimum atomic E-state index is -0.912. The van der Waals surface area contributed by atoms with Crippen molar-refractivity contribution in [1.29, 1.82) is 0 Å². The Hall–Kier alpha value is -0.870. The molecule has 17 heavy (non-hydrogen) atoms. The van der Waals surface area contributed by atoms with Crippen LogP contribution in [0.2, 0.25) is 0 Å². The molecule has 0 bridgehead atoms. The summed E-state index contributed by atoms with van der Waals surface area (Å²) in [5, 5.41) is 0. The highest BCUT2D eigenvalue weighted by Crippen LogP contribution is 2.12. The second-order valence-electron chi connectivity index (χ2n) is 4.40. The van der Waals surface area contributed by atoms with Crippen LogP contribution in [0.15, 0.2) is 24.3 Å². The molecule has 0 saturated carbocycles. The normalized spacial score (nSPS) is 12.7. The van der Waals surface area contributed by atoms with Gasteiger partial charge in [-0.15, -0.1) is 0 Å². The smallest absolute Gasteiger partial charge is 0.119 e. The summed E-state index contributed by atoms with van der Waals surface area (Å²) in [4.78, 5) is 0. The van der Waals surface area contributed by atoms with Crippen molar-refractivity contribution in [3.05, 3.63) is 29.8 Å². The van der Waals surface area contributed by atoms with Crippen LogP contribution in [0.25, 0.3) is 0 Å². The largest absolute Gasteiger partial charge is 0.497 e. The highest BCUT2D eigenvalue weighted by molar-refractivity contribution is 7.83. The minimum absolute atomic E-state index is 0.458. The summed E-state index contributed by atoms with van der Waals surface area (Å²) in [7, 11) is 0.750. The molecule has 0 spiro atoms. The first kappa shape index (κ1) is 14.2. The third kappa shape index (κ3) is 5.84. The van der Waals surface area contributed by atoms with Gasteiger partial charge >= 0.3 is 0 Å². The molecule has 96 valence electrons. The van der Waals surface area contributed by atoms with Crippen molar-refractivity contribution < 1.29 is 8.95 Å². The standard InChI is InChI=1S/C13H21NO2S/c1-11(2)10-17(15)14-8-7-12-5-4-6-13(9-12)16-3/h4-6,9,11,14H,7-8,10H2,1-3H3. The lowest BCUT2D eigenvalue weighted by Crippen LogP contribution is -2.24. The molecule has 4 heteroatoms. The maximum Gasteiger partial charge on any atom is 0.119 e. The topological polar surface area (TPSA) is 38.3 Å². The molecule has 1 unspecified atom stereocenters. The van der Waals surface area contributed by atoms with E-state index in [0.29, 0.717) is 11.7 Å². The lowest BCUT2D eigenvalue weighted by atomic mass is 10.1. The number of hydrogen-bond donors (Lipinski definition) is 1. The van der Waals surface area contributed by atoms with Gasteiger partial charge in [0.05, 0.1) is 18.1 Å². The van der Waals surface area contributed by atoms with Crippen LogP contribution in [-0.4, -0.2) is 23.6 Å². The van der Waals surface area contributed by atoms with Crippen molar-refractivity contribution in [3.8, 4) is 5.75 Å². The van der Waals surface area contributed by atoms with Gasteiger partial charge in [-0.1, -0.05) is 26.0 Å². The predicted octanol–water partition coefficient (Wildman–Crippen LogP) is 2.15. The number of methoxy groups -OCH3 is 1. The Balaban J connectivity index is 2.32. The number of ether oxygens (including phenoxy) is 1. The summed E-state index contributed by atoms with van der Waals surface area (Å²) in [5.74, 6) is 2.03. The van der Waals surface area contributed by atoms with Crippen LogP contribution in [0.5, 0.6) is 5.75 Å². The molecular weight excluding hydrogens is 234 g/mol. The first-order chi connectivity index (χ1) is 8.11. The number of nitrogens with one attached hydrogen (secondary N) is 1. The number of hydrogen-bond acceptors (Lipinski definition) is 2. The van der Waals surface area contributed by atoms with Gasteiger partial charge in [0.25, 0.3) is 0 Å². The molecule has 1 N–H and O–H groups in total. The van der Waals surface area contributed by atoms with E-state index in [1.54, 1.807) is 7.11 Å². The molecule has 0 fully saturated rings. The summed E-state index contributed by atoms with van der Waals surface area (Å²) in [5.41, 5.74) is 1.19. The zero-order chi connectivity index (χ0) is 12.7. The van der Waals surface area contributed by atoms with Crippen LogP contribution in [0.4, 0.5) is 0 Å². The maximum atomic E-state index is 11.5. The van der Waals surface area contributed by atoms with Crippen molar-refractivity contribution >= 4 is 11.0 Å². The Morgan fingerprint density at radius 2 is 2.18 bits per heavy atom. The molecular formula is C13H21NO2S. The molecule has 0 radical (unpaired) electrons. The lowest BCUT2D eigenvalue weighted by Gasteiger charge is -2.07. The number of rotatable bonds is 7. The van der Waals surface area contributed by atoms with E-state index in [2.05, 4.69) is 24.6 Å². The lowest BCUT2D eigenvalue weighted by molar-refractivity contribution is 0.414. The van der Waals surface area contributed by atoms with Gasteiger partial charge in [-0.05, 0) is 30.0 Å². The van der Waals surface area contributed by atoms with Gasteiger partial charge in [0.1, 0.15) is 5.75 Å². The Bertz CT molecular complexity index is 366. The third-order valence-corrected chi connectivity index (χ3v) is 3.79. The van der Waals surface area contributed by atoms with E-state index in [4.69, 9.17) is 4.74 Å². The van der Waals surface area contributed by atoms with Crippen molar-refractivity contribution in [3.63, 3.8) is 0 Å². The molecule has 0 aliphatic carbocycles. The van der Waals surface area contributed by atoms with Crippen LogP contribution >= 0.6 is 0 Å². The van der Waals surface area contributed by atoms with E-state index in [1.807, 2.05) is 18.2 Å². The van der Waals surface area contributed by atoms with Crippen LogP contribution in [0.1, 0.15) is 19.4 Å². The van der Waals surface area contributed by atoms with Crippen molar-refractivity contribution in [2.24, 2.45) is 5.92 Å². The van der Waals surface area contributed by atoms with Crippen LogP contribution in [0, 0.1) is 5.92 Å². The van der Waals surface area contributed by atoms with Gasteiger partial charge in [-0.3, -0.25) is 0 Å². The molecule has 0 saturated heterocycles. The fourth-order valence-corrected chi connectivity index (χ4v) is 2.55. The second-order valence-corrected chi connectivity index (χ2v) is 5.71. The molecule has 1 atom stereocenters. The quantitative estimate of drug-likeness (QED) is 0.810. The highest BCUT2D eigenvalue weighted by Gasteiger charge is 2.02. The second kappa shape index (κ2) is 7.45. The van der Waals surface area contributed by atoms with Gasteiger partial charge in [0.15, 0.2) is 0 Å². The molecule has 0 heterocycles. The van der Waals surface area contributed by atoms with E-state index < -0.39 is 11.0 Å².